The molecule has 0 unspecified atom stereocenters. The van der Waals surface area contributed by atoms with Gasteiger partial charge >= 0.3 is 0 Å². The number of halogens is 2. The average molecular weight is 285 g/mol. The summed E-state index contributed by atoms with van der Waals surface area (Å²) in [6.45, 7) is -0.229. The minimum atomic E-state index is -2.69. The molecule has 0 aliphatic carbocycles. The quantitative estimate of drug-likeness (QED) is 0.916. The first-order chi connectivity index (χ1) is 9.15. The van der Waals surface area contributed by atoms with Crippen LogP contribution in [0.1, 0.15) is 11.4 Å². The number of aromatic nitrogens is 2. The minimum absolute atomic E-state index is 0.0250. The maximum atomic E-state index is 12.3. The summed E-state index contributed by atoms with van der Waals surface area (Å²) in [5.74, 6) is 0.0593. The molecule has 0 fully saturated rings. The highest BCUT2D eigenvalue weighted by Gasteiger charge is 2.15. The van der Waals surface area contributed by atoms with Gasteiger partial charge in [-0.05, 0) is 12.1 Å². The van der Waals surface area contributed by atoms with Crippen molar-refractivity contribution in [3.63, 3.8) is 0 Å². The number of benzene rings is 1. The van der Waals surface area contributed by atoms with Gasteiger partial charge in [-0.1, -0.05) is 29.5 Å². The number of rotatable bonds is 5. The summed E-state index contributed by atoms with van der Waals surface area (Å²) in [5, 5.41) is 8.61. The van der Waals surface area contributed by atoms with E-state index in [0.29, 0.717) is 17.1 Å². The summed E-state index contributed by atoms with van der Waals surface area (Å²) in [6, 6.07) is 8.76. The fourth-order valence-electron chi connectivity index (χ4n) is 1.19. The largest absolute Gasteiger partial charge is 0.484 e. The van der Waals surface area contributed by atoms with E-state index in [2.05, 4.69) is 15.5 Å². The van der Waals surface area contributed by atoms with E-state index in [1.54, 1.807) is 24.3 Å². The first-order valence-corrected chi connectivity index (χ1v) is 6.06. The molecule has 0 atom stereocenters. The lowest BCUT2D eigenvalue weighted by Crippen LogP contribution is -2.20. The molecule has 0 bridgehead atoms. The lowest BCUT2D eigenvalue weighted by atomic mass is 10.3. The standard InChI is InChI=1S/C11H9F2N3O2S/c12-9(13)10-15-16-11(19-10)14-8(17)6-18-7-4-2-1-3-5-7/h1-5,9H,6H2,(H,14,16,17). The maximum Gasteiger partial charge on any atom is 0.291 e. The SMILES string of the molecule is O=C(COc1ccccc1)Nc1nnc(C(F)F)s1. The van der Waals surface area contributed by atoms with Crippen molar-refractivity contribution in [1.29, 1.82) is 0 Å². The van der Waals surface area contributed by atoms with E-state index in [9.17, 15) is 13.6 Å². The Hall–Kier alpha value is -2.09. The zero-order chi connectivity index (χ0) is 13.7. The number of alkyl halides is 2. The van der Waals surface area contributed by atoms with E-state index in [4.69, 9.17) is 4.74 Å². The van der Waals surface area contributed by atoms with E-state index < -0.39 is 17.3 Å². The van der Waals surface area contributed by atoms with Gasteiger partial charge in [-0.3, -0.25) is 10.1 Å². The van der Waals surface area contributed by atoms with Crippen LogP contribution in [-0.4, -0.2) is 22.7 Å². The van der Waals surface area contributed by atoms with Crippen LogP contribution in [-0.2, 0) is 4.79 Å². The second-order valence-electron chi connectivity index (χ2n) is 3.40. The van der Waals surface area contributed by atoms with Gasteiger partial charge in [0.25, 0.3) is 12.3 Å². The lowest BCUT2D eigenvalue weighted by molar-refractivity contribution is -0.118. The molecule has 0 aliphatic heterocycles. The molecule has 0 radical (unpaired) electrons. The Morgan fingerprint density at radius 2 is 2.05 bits per heavy atom. The molecule has 0 aliphatic rings. The molecule has 2 rings (SSSR count). The zero-order valence-electron chi connectivity index (χ0n) is 9.55. The van der Waals surface area contributed by atoms with Crippen LogP contribution in [0.5, 0.6) is 5.75 Å². The smallest absolute Gasteiger partial charge is 0.291 e. The Kier molecular flexibility index (Phi) is 4.35. The molecule has 1 aromatic carbocycles. The molecule has 19 heavy (non-hydrogen) atoms. The summed E-state index contributed by atoms with van der Waals surface area (Å²) in [4.78, 5) is 11.5. The van der Waals surface area contributed by atoms with Crippen LogP contribution in [0, 0.1) is 0 Å². The van der Waals surface area contributed by atoms with Crippen LogP contribution < -0.4 is 10.1 Å². The van der Waals surface area contributed by atoms with Gasteiger partial charge in [0.15, 0.2) is 11.6 Å². The summed E-state index contributed by atoms with van der Waals surface area (Å²) in [5.41, 5.74) is 0. The Bertz CT molecular complexity index is 548. The number of nitrogens with one attached hydrogen (secondary N) is 1. The van der Waals surface area contributed by atoms with Gasteiger partial charge < -0.3 is 4.74 Å². The van der Waals surface area contributed by atoms with Gasteiger partial charge in [-0.25, -0.2) is 8.78 Å². The minimum Gasteiger partial charge on any atom is -0.484 e. The predicted octanol–water partition coefficient (Wildman–Crippen LogP) is 2.49. The lowest BCUT2D eigenvalue weighted by Gasteiger charge is -2.04. The van der Waals surface area contributed by atoms with Crippen LogP contribution >= 0.6 is 11.3 Å². The van der Waals surface area contributed by atoms with Gasteiger partial charge in [0.2, 0.25) is 5.13 Å². The maximum absolute atomic E-state index is 12.3. The van der Waals surface area contributed by atoms with Crippen molar-refractivity contribution in [2.24, 2.45) is 0 Å². The molecule has 1 N–H and O–H groups in total. The van der Waals surface area contributed by atoms with E-state index >= 15 is 0 Å². The molecule has 1 heterocycles. The number of hydrogen-bond acceptors (Lipinski definition) is 5. The van der Waals surface area contributed by atoms with Gasteiger partial charge in [0, 0.05) is 0 Å². The number of ether oxygens (including phenoxy) is 1. The van der Waals surface area contributed by atoms with E-state index in [0.717, 1.165) is 0 Å². The molecule has 0 spiro atoms. The van der Waals surface area contributed by atoms with Crippen LogP contribution in [0.25, 0.3) is 0 Å². The van der Waals surface area contributed by atoms with Crippen LogP contribution in [0.3, 0.4) is 0 Å². The molecule has 0 saturated heterocycles. The van der Waals surface area contributed by atoms with E-state index in [1.165, 1.54) is 0 Å². The predicted molar refractivity (Wildman–Crippen MR) is 65.4 cm³/mol. The van der Waals surface area contributed by atoms with Gasteiger partial charge in [-0.15, -0.1) is 10.2 Å². The van der Waals surface area contributed by atoms with Crippen molar-refractivity contribution in [1.82, 2.24) is 10.2 Å². The summed E-state index contributed by atoms with van der Waals surface area (Å²) in [6.07, 6.45) is -2.69. The van der Waals surface area contributed by atoms with Gasteiger partial charge in [-0.2, -0.15) is 0 Å². The molecule has 2 aromatic rings. The van der Waals surface area contributed by atoms with Crippen molar-refractivity contribution < 1.29 is 18.3 Å². The molecular formula is C11H9F2N3O2S. The highest BCUT2D eigenvalue weighted by atomic mass is 32.1. The molecule has 1 aromatic heterocycles. The molecule has 100 valence electrons. The summed E-state index contributed by atoms with van der Waals surface area (Å²) in [7, 11) is 0. The number of para-hydroxylation sites is 1. The van der Waals surface area contributed by atoms with Crippen molar-refractivity contribution in [3.05, 3.63) is 35.3 Å². The van der Waals surface area contributed by atoms with Crippen molar-refractivity contribution >= 4 is 22.4 Å². The normalized spacial score (nSPS) is 10.5. The fourth-order valence-corrected chi connectivity index (χ4v) is 1.81. The average Bonchev–Trinajstić information content (AvgIpc) is 2.86. The third-order valence-corrected chi connectivity index (χ3v) is 2.83. The topological polar surface area (TPSA) is 64.1 Å². The second kappa shape index (κ2) is 6.19. The first kappa shape index (κ1) is 13.3. The van der Waals surface area contributed by atoms with Crippen molar-refractivity contribution in [2.75, 3.05) is 11.9 Å². The molecule has 1 amide bonds. The van der Waals surface area contributed by atoms with Crippen LogP contribution in [0.4, 0.5) is 13.9 Å². The number of anilines is 1. The third kappa shape index (κ3) is 3.95. The summed E-state index contributed by atoms with van der Waals surface area (Å²) < 4.78 is 29.7. The fraction of sp³-hybridized carbons (Fsp3) is 0.182. The molecule has 5 nitrogen and oxygen atoms in total. The summed E-state index contributed by atoms with van der Waals surface area (Å²) >= 11 is 0.631. The molecule has 0 saturated carbocycles. The highest BCUT2D eigenvalue weighted by Crippen LogP contribution is 2.24. The second-order valence-corrected chi connectivity index (χ2v) is 4.41. The Balaban J connectivity index is 1.84. The molecular weight excluding hydrogens is 276 g/mol. The van der Waals surface area contributed by atoms with Gasteiger partial charge in [0.05, 0.1) is 0 Å². The number of hydrogen-bond donors (Lipinski definition) is 1. The Morgan fingerprint density at radius 1 is 1.32 bits per heavy atom. The number of carbonyl (C=O) groups excluding carboxylic acids is 1. The first-order valence-electron chi connectivity index (χ1n) is 5.24. The van der Waals surface area contributed by atoms with Crippen LogP contribution in [0.2, 0.25) is 0 Å². The number of nitrogens with zero attached hydrogens (tertiary/aromatic N) is 2. The zero-order valence-corrected chi connectivity index (χ0v) is 10.4. The number of amides is 1. The molecule has 8 heteroatoms. The van der Waals surface area contributed by atoms with Crippen molar-refractivity contribution in [3.8, 4) is 5.75 Å². The van der Waals surface area contributed by atoms with Crippen molar-refractivity contribution in [2.45, 2.75) is 6.43 Å². The Labute approximate surface area is 111 Å². The van der Waals surface area contributed by atoms with Gasteiger partial charge in [0.1, 0.15) is 5.75 Å². The van der Waals surface area contributed by atoms with E-state index in [1.807, 2.05) is 6.07 Å². The monoisotopic (exact) mass is 285 g/mol. The number of carbonyl (C=O) groups is 1. The highest BCUT2D eigenvalue weighted by molar-refractivity contribution is 7.15. The Morgan fingerprint density at radius 3 is 2.68 bits per heavy atom. The van der Waals surface area contributed by atoms with E-state index in [-0.39, 0.29) is 11.7 Å². The van der Waals surface area contributed by atoms with Crippen LogP contribution in [0.15, 0.2) is 30.3 Å². The third-order valence-electron chi connectivity index (χ3n) is 1.99.